The van der Waals surface area contributed by atoms with Crippen LogP contribution in [-0.2, 0) is 21.5 Å². The third-order valence-electron chi connectivity index (χ3n) is 5.53. The van der Waals surface area contributed by atoms with Crippen molar-refractivity contribution in [1.29, 1.82) is 0 Å². The predicted molar refractivity (Wildman–Crippen MR) is 137 cm³/mol. The SMILES string of the molecule is Cc1ccc(C(=O)NC(=Cc2cn(S(=O)(=O)N(C)C)c3ccccc23)C(=O)NCc2ccco2)cc1. The zero-order chi connectivity index (χ0) is 25.9. The number of rotatable bonds is 8. The number of aromatic nitrogens is 1. The van der Waals surface area contributed by atoms with E-state index in [0.29, 0.717) is 27.8 Å². The summed E-state index contributed by atoms with van der Waals surface area (Å²) >= 11 is 0. The number of nitrogens with zero attached hydrogens (tertiary/aromatic N) is 2. The van der Waals surface area contributed by atoms with Crippen molar-refractivity contribution in [2.75, 3.05) is 14.1 Å². The van der Waals surface area contributed by atoms with Gasteiger partial charge in [-0.15, -0.1) is 0 Å². The van der Waals surface area contributed by atoms with Crippen LogP contribution in [0.25, 0.3) is 17.0 Å². The monoisotopic (exact) mass is 506 g/mol. The molecule has 2 N–H and O–H groups in total. The zero-order valence-electron chi connectivity index (χ0n) is 20.1. The van der Waals surface area contributed by atoms with Crippen molar-refractivity contribution in [2.24, 2.45) is 0 Å². The highest BCUT2D eigenvalue weighted by Gasteiger charge is 2.22. The van der Waals surface area contributed by atoms with Crippen molar-refractivity contribution < 1.29 is 22.4 Å². The molecule has 0 spiro atoms. The van der Waals surface area contributed by atoms with Gasteiger partial charge < -0.3 is 15.1 Å². The number of amides is 2. The minimum Gasteiger partial charge on any atom is -0.467 e. The lowest BCUT2D eigenvalue weighted by Gasteiger charge is -2.13. The zero-order valence-corrected chi connectivity index (χ0v) is 20.9. The van der Waals surface area contributed by atoms with Crippen molar-refractivity contribution in [3.63, 3.8) is 0 Å². The summed E-state index contributed by atoms with van der Waals surface area (Å²) in [6, 6.07) is 17.3. The molecule has 0 saturated carbocycles. The van der Waals surface area contributed by atoms with Gasteiger partial charge in [0, 0.05) is 36.8 Å². The van der Waals surface area contributed by atoms with E-state index < -0.39 is 22.0 Å². The van der Waals surface area contributed by atoms with Crippen LogP contribution in [0.4, 0.5) is 0 Å². The molecule has 2 aromatic heterocycles. The second kappa shape index (κ2) is 10.2. The summed E-state index contributed by atoms with van der Waals surface area (Å²) in [5.41, 5.74) is 2.22. The molecule has 0 atom stereocenters. The Bertz CT molecular complexity index is 1530. The molecule has 0 aliphatic heterocycles. The van der Waals surface area contributed by atoms with E-state index in [1.165, 1.54) is 32.6 Å². The molecule has 0 aliphatic rings. The maximum Gasteiger partial charge on any atom is 0.307 e. The molecular formula is C26H26N4O5S. The Morgan fingerprint density at radius 3 is 2.42 bits per heavy atom. The van der Waals surface area contributed by atoms with Gasteiger partial charge in [-0.05, 0) is 43.3 Å². The number of nitrogens with one attached hydrogen (secondary N) is 2. The van der Waals surface area contributed by atoms with Crippen LogP contribution in [0.15, 0.2) is 83.2 Å². The van der Waals surface area contributed by atoms with Gasteiger partial charge in [0.1, 0.15) is 11.5 Å². The minimum atomic E-state index is -3.83. The first-order chi connectivity index (χ1) is 17.2. The lowest BCUT2D eigenvalue weighted by Crippen LogP contribution is -2.34. The fraction of sp³-hybridized carbons (Fsp3) is 0.154. The maximum atomic E-state index is 13.1. The molecule has 0 aliphatic carbocycles. The van der Waals surface area contributed by atoms with E-state index in [0.717, 1.165) is 13.8 Å². The number of carbonyl (C=O) groups is 2. The molecule has 2 heterocycles. The number of hydrogen-bond donors (Lipinski definition) is 2. The van der Waals surface area contributed by atoms with Crippen molar-refractivity contribution in [3.05, 3.63) is 101 Å². The maximum absolute atomic E-state index is 13.1. The van der Waals surface area contributed by atoms with Crippen LogP contribution in [0.1, 0.15) is 27.2 Å². The molecule has 0 unspecified atom stereocenters. The van der Waals surface area contributed by atoms with Crippen molar-refractivity contribution >= 4 is 39.0 Å². The van der Waals surface area contributed by atoms with E-state index in [1.54, 1.807) is 60.7 Å². The summed E-state index contributed by atoms with van der Waals surface area (Å²) in [6.45, 7) is 2.02. The van der Waals surface area contributed by atoms with Crippen LogP contribution in [0, 0.1) is 6.92 Å². The van der Waals surface area contributed by atoms with Gasteiger partial charge in [0.25, 0.3) is 11.8 Å². The number of furan rings is 1. The van der Waals surface area contributed by atoms with Crippen LogP contribution in [0.2, 0.25) is 0 Å². The number of aryl methyl sites for hydroxylation is 1. The summed E-state index contributed by atoms with van der Waals surface area (Å²) in [5.74, 6) is -0.487. The van der Waals surface area contributed by atoms with Crippen molar-refractivity contribution in [2.45, 2.75) is 13.5 Å². The fourth-order valence-electron chi connectivity index (χ4n) is 3.55. The molecule has 4 aromatic rings. The van der Waals surface area contributed by atoms with E-state index in [1.807, 2.05) is 6.92 Å². The lowest BCUT2D eigenvalue weighted by atomic mass is 10.1. The first-order valence-electron chi connectivity index (χ1n) is 11.1. The number of carbonyl (C=O) groups excluding carboxylic acids is 2. The summed E-state index contributed by atoms with van der Waals surface area (Å²) < 4.78 is 33.3. The molecule has 0 saturated heterocycles. The van der Waals surface area contributed by atoms with Crippen molar-refractivity contribution in [3.8, 4) is 0 Å². The van der Waals surface area contributed by atoms with E-state index in [9.17, 15) is 18.0 Å². The second-order valence-corrected chi connectivity index (χ2v) is 10.3. The van der Waals surface area contributed by atoms with Crippen LogP contribution < -0.4 is 10.6 Å². The molecule has 36 heavy (non-hydrogen) atoms. The molecule has 186 valence electrons. The lowest BCUT2D eigenvalue weighted by molar-refractivity contribution is -0.118. The van der Waals surface area contributed by atoms with Gasteiger partial charge in [-0.2, -0.15) is 12.7 Å². The minimum absolute atomic E-state index is 0.0442. The van der Waals surface area contributed by atoms with Crippen LogP contribution in [0.5, 0.6) is 0 Å². The molecular weight excluding hydrogens is 480 g/mol. The molecule has 2 aromatic carbocycles. The third-order valence-corrected chi connectivity index (χ3v) is 7.25. The number of benzene rings is 2. The number of fused-ring (bicyclic) bond motifs is 1. The highest BCUT2D eigenvalue weighted by Crippen LogP contribution is 2.25. The van der Waals surface area contributed by atoms with Gasteiger partial charge >= 0.3 is 10.2 Å². The van der Waals surface area contributed by atoms with E-state index in [-0.39, 0.29) is 12.2 Å². The van der Waals surface area contributed by atoms with Crippen LogP contribution in [-0.4, -0.2) is 42.6 Å². The van der Waals surface area contributed by atoms with Crippen LogP contribution >= 0.6 is 0 Å². The second-order valence-electron chi connectivity index (χ2n) is 8.33. The molecule has 0 bridgehead atoms. The van der Waals surface area contributed by atoms with Gasteiger partial charge in [-0.25, -0.2) is 3.97 Å². The van der Waals surface area contributed by atoms with E-state index in [4.69, 9.17) is 4.42 Å². The van der Waals surface area contributed by atoms with E-state index >= 15 is 0 Å². The van der Waals surface area contributed by atoms with E-state index in [2.05, 4.69) is 10.6 Å². The molecule has 10 heteroatoms. The summed E-state index contributed by atoms with van der Waals surface area (Å²) in [7, 11) is -0.949. The Morgan fingerprint density at radius 1 is 1.03 bits per heavy atom. The average Bonchev–Trinajstić information content (AvgIpc) is 3.51. The third kappa shape index (κ3) is 5.24. The Kier molecular flexibility index (Phi) is 7.09. The van der Waals surface area contributed by atoms with Gasteiger partial charge in [0.2, 0.25) is 0 Å². The normalized spacial score (nSPS) is 12.2. The molecule has 9 nitrogen and oxygen atoms in total. The summed E-state index contributed by atoms with van der Waals surface area (Å²) in [6.07, 6.45) is 4.39. The molecule has 0 radical (unpaired) electrons. The van der Waals surface area contributed by atoms with Gasteiger partial charge in [0.15, 0.2) is 0 Å². The van der Waals surface area contributed by atoms with Crippen LogP contribution in [0.3, 0.4) is 0 Å². The largest absolute Gasteiger partial charge is 0.467 e. The van der Waals surface area contributed by atoms with Crippen molar-refractivity contribution in [1.82, 2.24) is 18.9 Å². The highest BCUT2D eigenvalue weighted by molar-refractivity contribution is 7.87. The fourth-order valence-corrected chi connectivity index (χ4v) is 4.55. The Labute approximate surface area is 209 Å². The summed E-state index contributed by atoms with van der Waals surface area (Å²) in [5, 5.41) is 6.00. The van der Waals surface area contributed by atoms with Gasteiger partial charge in [-0.3, -0.25) is 9.59 Å². The Hall–Kier alpha value is -4.15. The summed E-state index contributed by atoms with van der Waals surface area (Å²) in [4.78, 5) is 26.1. The first-order valence-corrected chi connectivity index (χ1v) is 12.5. The first kappa shape index (κ1) is 25.0. The highest BCUT2D eigenvalue weighted by atomic mass is 32.2. The average molecular weight is 507 g/mol. The van der Waals surface area contributed by atoms with Gasteiger partial charge in [0.05, 0.1) is 18.3 Å². The molecule has 2 amide bonds. The number of hydrogen-bond acceptors (Lipinski definition) is 5. The molecule has 0 fully saturated rings. The molecule has 4 rings (SSSR count). The predicted octanol–water partition coefficient (Wildman–Crippen LogP) is 3.28. The Morgan fingerprint density at radius 2 is 1.75 bits per heavy atom. The number of para-hydroxylation sites is 1. The quantitative estimate of drug-likeness (QED) is 0.356. The van der Waals surface area contributed by atoms with Gasteiger partial charge in [-0.1, -0.05) is 35.9 Å². The smallest absolute Gasteiger partial charge is 0.307 e. The topological polar surface area (TPSA) is 114 Å². The Balaban J connectivity index is 1.76. The standard InChI is InChI=1S/C26H26N4O5S/c1-18-10-12-19(13-11-18)25(31)28-23(26(32)27-16-21-7-6-14-35-21)15-20-17-30(36(33,34)29(2)3)24-9-5-4-8-22(20)24/h4-15,17H,16H2,1-3H3,(H,27,32)(H,28,31).